The summed E-state index contributed by atoms with van der Waals surface area (Å²) in [6.07, 6.45) is 4.47. The van der Waals surface area contributed by atoms with Crippen LogP contribution in [0, 0.1) is 5.92 Å². The van der Waals surface area contributed by atoms with Crippen LogP contribution in [0.4, 0.5) is 0 Å². The molecule has 1 fully saturated rings. The van der Waals surface area contributed by atoms with E-state index in [9.17, 15) is 4.79 Å². The van der Waals surface area contributed by atoms with Gasteiger partial charge in [-0.05, 0) is 18.8 Å². The number of carbonyl (C=O) groups excluding carboxylic acids is 1. The fraction of sp³-hybridized carbons (Fsp3) is 0.875. The maximum Gasteiger partial charge on any atom is 0.233 e. The maximum absolute atomic E-state index is 11.4. The van der Waals surface area contributed by atoms with Gasteiger partial charge in [0.2, 0.25) is 5.91 Å². The highest BCUT2D eigenvalue weighted by Gasteiger charge is 2.21. The predicted molar refractivity (Wildman–Crippen MR) is 92.1 cm³/mol. The standard InChI is InChI=1S/C16H33N5O/c1-5-13(6-2)11-19-16(18-4)20-14-7-9-21(10-8-14)12-15(22)17-3/h13-14H,5-12H2,1-4H3,(H,17,22)(H2,18,19,20). The van der Waals surface area contributed by atoms with E-state index in [1.807, 2.05) is 7.05 Å². The first-order valence-corrected chi connectivity index (χ1v) is 8.52. The third-order valence-corrected chi connectivity index (χ3v) is 4.51. The number of amides is 1. The quantitative estimate of drug-likeness (QED) is 0.480. The Morgan fingerprint density at radius 3 is 2.41 bits per heavy atom. The van der Waals surface area contributed by atoms with Crippen molar-refractivity contribution in [2.45, 2.75) is 45.6 Å². The summed E-state index contributed by atoms with van der Waals surface area (Å²) >= 11 is 0. The minimum atomic E-state index is 0.0917. The lowest BCUT2D eigenvalue weighted by atomic mass is 10.0. The van der Waals surface area contributed by atoms with Crippen molar-refractivity contribution in [3.63, 3.8) is 0 Å². The number of hydrogen-bond donors (Lipinski definition) is 3. The van der Waals surface area contributed by atoms with Gasteiger partial charge < -0.3 is 16.0 Å². The summed E-state index contributed by atoms with van der Waals surface area (Å²) in [5.41, 5.74) is 0. The zero-order valence-electron chi connectivity index (χ0n) is 14.6. The SMILES string of the molecule is CCC(CC)CNC(=NC)NC1CCN(CC(=O)NC)CC1. The van der Waals surface area contributed by atoms with Crippen LogP contribution < -0.4 is 16.0 Å². The summed E-state index contributed by atoms with van der Waals surface area (Å²) < 4.78 is 0. The van der Waals surface area contributed by atoms with E-state index in [2.05, 4.69) is 39.7 Å². The molecule has 0 unspecified atom stereocenters. The molecule has 22 heavy (non-hydrogen) atoms. The molecule has 0 radical (unpaired) electrons. The molecule has 0 aliphatic carbocycles. The Balaban J connectivity index is 2.30. The lowest BCUT2D eigenvalue weighted by molar-refractivity contribution is -0.122. The Kier molecular flexibility index (Phi) is 8.89. The van der Waals surface area contributed by atoms with Crippen LogP contribution in [-0.4, -0.2) is 63.1 Å². The summed E-state index contributed by atoms with van der Waals surface area (Å²) in [7, 11) is 3.51. The second-order valence-corrected chi connectivity index (χ2v) is 6.00. The molecule has 0 bridgehead atoms. The van der Waals surface area contributed by atoms with Crippen LogP contribution in [0.25, 0.3) is 0 Å². The number of carbonyl (C=O) groups is 1. The van der Waals surface area contributed by atoms with E-state index in [4.69, 9.17) is 0 Å². The first-order chi connectivity index (χ1) is 10.6. The van der Waals surface area contributed by atoms with E-state index in [1.165, 1.54) is 12.8 Å². The van der Waals surface area contributed by atoms with E-state index in [0.717, 1.165) is 38.4 Å². The van der Waals surface area contributed by atoms with Crippen LogP contribution in [-0.2, 0) is 4.79 Å². The molecule has 1 heterocycles. The number of piperidine rings is 1. The zero-order valence-corrected chi connectivity index (χ0v) is 14.6. The summed E-state index contributed by atoms with van der Waals surface area (Å²) in [6, 6.07) is 0.439. The van der Waals surface area contributed by atoms with Gasteiger partial charge >= 0.3 is 0 Å². The normalized spacial score (nSPS) is 17.6. The summed E-state index contributed by atoms with van der Waals surface area (Å²) in [6.45, 7) is 7.85. The first-order valence-electron chi connectivity index (χ1n) is 8.52. The largest absolute Gasteiger partial charge is 0.358 e. The Labute approximate surface area is 135 Å². The van der Waals surface area contributed by atoms with Crippen LogP contribution in [0.3, 0.4) is 0 Å². The topological polar surface area (TPSA) is 68.8 Å². The van der Waals surface area contributed by atoms with Gasteiger partial charge in [0, 0.05) is 39.8 Å². The number of aliphatic imine (C=N–C) groups is 1. The molecule has 0 spiro atoms. The minimum absolute atomic E-state index is 0.0917. The average molecular weight is 311 g/mol. The Morgan fingerprint density at radius 1 is 1.27 bits per heavy atom. The molecule has 0 saturated carbocycles. The molecular formula is C16H33N5O. The van der Waals surface area contributed by atoms with Crippen molar-refractivity contribution in [1.82, 2.24) is 20.9 Å². The lowest BCUT2D eigenvalue weighted by Crippen LogP contribution is -2.50. The fourth-order valence-corrected chi connectivity index (χ4v) is 2.72. The van der Waals surface area contributed by atoms with Crippen molar-refractivity contribution >= 4 is 11.9 Å². The van der Waals surface area contributed by atoms with Crippen LogP contribution in [0.2, 0.25) is 0 Å². The molecular weight excluding hydrogens is 278 g/mol. The van der Waals surface area contributed by atoms with Crippen LogP contribution >= 0.6 is 0 Å². The van der Waals surface area contributed by atoms with Gasteiger partial charge in [-0.1, -0.05) is 26.7 Å². The number of guanidine groups is 1. The van der Waals surface area contributed by atoms with E-state index in [1.54, 1.807) is 7.05 Å². The second-order valence-electron chi connectivity index (χ2n) is 6.00. The van der Waals surface area contributed by atoms with Crippen LogP contribution in [0.1, 0.15) is 39.5 Å². The van der Waals surface area contributed by atoms with Gasteiger partial charge in [0.05, 0.1) is 6.54 Å². The van der Waals surface area contributed by atoms with Gasteiger partial charge in [0.1, 0.15) is 0 Å². The number of nitrogens with zero attached hydrogens (tertiary/aromatic N) is 2. The van der Waals surface area contributed by atoms with Crippen molar-refractivity contribution < 1.29 is 4.79 Å². The Morgan fingerprint density at radius 2 is 1.91 bits per heavy atom. The highest BCUT2D eigenvalue weighted by atomic mass is 16.1. The van der Waals surface area contributed by atoms with Crippen LogP contribution in [0.5, 0.6) is 0 Å². The Bertz CT molecular complexity index is 346. The smallest absolute Gasteiger partial charge is 0.233 e. The van der Waals surface area contributed by atoms with Crippen LogP contribution in [0.15, 0.2) is 4.99 Å². The molecule has 1 aliphatic rings. The van der Waals surface area contributed by atoms with Gasteiger partial charge in [-0.3, -0.25) is 14.7 Å². The monoisotopic (exact) mass is 311 g/mol. The molecule has 6 heteroatoms. The van der Waals surface area contributed by atoms with E-state index in [0.29, 0.717) is 18.5 Å². The average Bonchev–Trinajstić information content (AvgIpc) is 2.56. The lowest BCUT2D eigenvalue weighted by Gasteiger charge is -2.32. The van der Waals surface area contributed by atoms with Gasteiger partial charge in [0.15, 0.2) is 5.96 Å². The van der Waals surface area contributed by atoms with Gasteiger partial charge in [-0.2, -0.15) is 0 Å². The van der Waals surface area contributed by atoms with E-state index < -0.39 is 0 Å². The van der Waals surface area contributed by atoms with Gasteiger partial charge in [0.25, 0.3) is 0 Å². The number of hydrogen-bond acceptors (Lipinski definition) is 3. The maximum atomic E-state index is 11.4. The third-order valence-electron chi connectivity index (χ3n) is 4.51. The van der Waals surface area contributed by atoms with Crippen molar-refractivity contribution in [2.75, 3.05) is 40.3 Å². The molecule has 1 rings (SSSR count). The number of likely N-dealkylation sites (tertiary alicyclic amines) is 1. The van der Waals surface area contributed by atoms with Crippen molar-refractivity contribution in [3.8, 4) is 0 Å². The zero-order chi connectivity index (χ0) is 16.4. The molecule has 1 saturated heterocycles. The molecule has 6 nitrogen and oxygen atoms in total. The van der Waals surface area contributed by atoms with Gasteiger partial charge in [-0.15, -0.1) is 0 Å². The second kappa shape index (κ2) is 10.4. The molecule has 1 aliphatic heterocycles. The first kappa shape index (κ1) is 18.7. The highest BCUT2D eigenvalue weighted by Crippen LogP contribution is 2.10. The number of likely N-dealkylation sites (N-methyl/N-ethyl adjacent to an activating group) is 1. The molecule has 128 valence electrons. The molecule has 3 N–H and O–H groups in total. The minimum Gasteiger partial charge on any atom is -0.358 e. The van der Waals surface area contributed by atoms with Gasteiger partial charge in [-0.25, -0.2) is 0 Å². The highest BCUT2D eigenvalue weighted by molar-refractivity contribution is 5.80. The molecule has 0 aromatic rings. The molecule has 1 amide bonds. The Hall–Kier alpha value is -1.30. The molecule has 0 atom stereocenters. The molecule has 0 aromatic heterocycles. The third kappa shape index (κ3) is 6.64. The number of nitrogens with one attached hydrogen (secondary N) is 3. The van der Waals surface area contributed by atoms with Crippen molar-refractivity contribution in [1.29, 1.82) is 0 Å². The van der Waals surface area contributed by atoms with Crippen molar-refractivity contribution in [2.24, 2.45) is 10.9 Å². The molecule has 0 aromatic carbocycles. The fourth-order valence-electron chi connectivity index (χ4n) is 2.72. The summed E-state index contributed by atoms with van der Waals surface area (Å²) in [5, 5.41) is 9.62. The van der Waals surface area contributed by atoms with E-state index in [-0.39, 0.29) is 5.91 Å². The van der Waals surface area contributed by atoms with E-state index >= 15 is 0 Å². The predicted octanol–water partition coefficient (Wildman–Crippen LogP) is 0.798. The number of rotatable bonds is 7. The summed E-state index contributed by atoms with van der Waals surface area (Å²) in [4.78, 5) is 17.9. The van der Waals surface area contributed by atoms with Crippen molar-refractivity contribution in [3.05, 3.63) is 0 Å². The summed E-state index contributed by atoms with van der Waals surface area (Å²) in [5.74, 6) is 1.69.